The Morgan fingerprint density at radius 1 is 0.472 bits per heavy atom. The first-order valence-electron chi connectivity index (χ1n) is 11.0. The van der Waals surface area contributed by atoms with Crippen molar-refractivity contribution in [3.8, 4) is 39.5 Å². The molecule has 0 bridgehead atoms. The average molecular weight is 483 g/mol. The normalized spacial score (nSPS) is 10.2. The maximum atomic E-state index is 12.0. The van der Waals surface area contributed by atoms with Crippen molar-refractivity contribution < 1.29 is 28.6 Å². The van der Waals surface area contributed by atoms with Crippen molar-refractivity contribution >= 4 is 17.9 Å². The lowest BCUT2D eigenvalue weighted by molar-refractivity contribution is -0.131. The Balaban J connectivity index is 1.88. The Kier molecular flexibility index (Phi) is 8.02. The molecule has 0 N–H and O–H groups in total. The van der Waals surface area contributed by atoms with Crippen LogP contribution in [0.5, 0.6) is 17.2 Å². The Morgan fingerprint density at radius 3 is 1.14 bits per heavy atom. The second-order valence-electron chi connectivity index (χ2n) is 8.30. The maximum Gasteiger partial charge on any atom is 0.338 e. The number of carbonyl (C=O) groups excluding carboxylic acids is 3. The average Bonchev–Trinajstić information content (AvgIpc) is 2.84. The van der Waals surface area contributed by atoms with Gasteiger partial charge in [0.2, 0.25) is 0 Å². The minimum absolute atomic E-state index is 0.217. The SMILES string of the molecule is C=C(C)C(=O)Oc1ccc(-c2ccc(-c3cc(OC(=O)C(=C)C)cc(OC(=O)C(=C)C)c3)cc2)cc1. The molecule has 0 atom stereocenters. The Hall–Kier alpha value is -4.71. The maximum absolute atomic E-state index is 12.0. The van der Waals surface area contributed by atoms with Crippen LogP contribution in [0.25, 0.3) is 22.3 Å². The van der Waals surface area contributed by atoms with E-state index in [0.29, 0.717) is 16.9 Å². The summed E-state index contributed by atoms with van der Waals surface area (Å²) in [4.78, 5) is 35.8. The number of ether oxygens (including phenoxy) is 3. The molecule has 0 saturated heterocycles. The van der Waals surface area contributed by atoms with Gasteiger partial charge < -0.3 is 14.2 Å². The van der Waals surface area contributed by atoms with E-state index in [1.54, 1.807) is 45.0 Å². The van der Waals surface area contributed by atoms with Crippen LogP contribution in [0.3, 0.4) is 0 Å². The van der Waals surface area contributed by atoms with E-state index in [1.165, 1.54) is 6.07 Å². The van der Waals surface area contributed by atoms with Gasteiger partial charge in [0.05, 0.1) is 0 Å². The molecule has 3 rings (SSSR count). The molecule has 0 aliphatic rings. The minimum Gasteiger partial charge on any atom is -0.423 e. The molecule has 0 amide bonds. The van der Waals surface area contributed by atoms with Crippen molar-refractivity contribution in [2.24, 2.45) is 0 Å². The van der Waals surface area contributed by atoms with E-state index in [0.717, 1.165) is 16.7 Å². The number of benzene rings is 3. The summed E-state index contributed by atoms with van der Waals surface area (Å²) in [5, 5.41) is 0. The molecule has 182 valence electrons. The van der Waals surface area contributed by atoms with Crippen molar-refractivity contribution in [1.29, 1.82) is 0 Å². The first-order valence-corrected chi connectivity index (χ1v) is 11.0. The summed E-state index contributed by atoms with van der Waals surface area (Å²) in [6.45, 7) is 15.4. The van der Waals surface area contributed by atoms with Gasteiger partial charge in [-0.25, -0.2) is 14.4 Å². The lowest BCUT2D eigenvalue weighted by Crippen LogP contribution is -2.10. The number of hydrogen-bond donors (Lipinski definition) is 0. The van der Waals surface area contributed by atoms with Gasteiger partial charge in [-0.2, -0.15) is 0 Å². The number of hydrogen-bond acceptors (Lipinski definition) is 6. The molecule has 0 saturated carbocycles. The Bertz CT molecular complexity index is 1320. The molecule has 0 aliphatic carbocycles. The van der Waals surface area contributed by atoms with Crippen molar-refractivity contribution in [2.45, 2.75) is 20.8 Å². The number of rotatable bonds is 8. The summed E-state index contributed by atoms with van der Waals surface area (Å²) in [5.41, 5.74) is 4.17. The third kappa shape index (κ3) is 6.67. The van der Waals surface area contributed by atoms with Gasteiger partial charge in [0.1, 0.15) is 17.2 Å². The van der Waals surface area contributed by atoms with Gasteiger partial charge in [-0.15, -0.1) is 0 Å². The molecule has 0 aromatic heterocycles. The summed E-state index contributed by atoms with van der Waals surface area (Å²) in [6.07, 6.45) is 0. The van der Waals surface area contributed by atoms with Gasteiger partial charge in [0.15, 0.2) is 0 Å². The molecule has 6 heteroatoms. The molecular formula is C30H26O6. The van der Waals surface area contributed by atoms with Crippen LogP contribution in [0, 0.1) is 0 Å². The summed E-state index contributed by atoms with van der Waals surface area (Å²) < 4.78 is 16.0. The fourth-order valence-electron chi connectivity index (χ4n) is 3.01. The van der Waals surface area contributed by atoms with Crippen LogP contribution in [0.4, 0.5) is 0 Å². The van der Waals surface area contributed by atoms with Crippen molar-refractivity contribution in [3.63, 3.8) is 0 Å². The third-order valence-electron chi connectivity index (χ3n) is 4.96. The van der Waals surface area contributed by atoms with Gasteiger partial charge >= 0.3 is 17.9 Å². The molecule has 0 fully saturated rings. The molecule has 3 aromatic rings. The molecule has 0 unspecified atom stereocenters. The predicted octanol–water partition coefficient (Wildman–Crippen LogP) is 6.47. The van der Waals surface area contributed by atoms with Crippen LogP contribution < -0.4 is 14.2 Å². The monoisotopic (exact) mass is 482 g/mol. The fourth-order valence-corrected chi connectivity index (χ4v) is 3.01. The number of carbonyl (C=O) groups is 3. The lowest BCUT2D eigenvalue weighted by atomic mass is 10.00. The van der Waals surface area contributed by atoms with Crippen LogP contribution in [0.2, 0.25) is 0 Å². The standard InChI is InChI=1S/C30H26O6/c1-18(2)28(31)34-25-13-11-22(12-14-25)21-7-9-23(10-8-21)24-15-26(35-29(32)19(3)4)17-27(16-24)36-30(33)20(5)6/h7-17H,1,3,5H2,2,4,6H3. The lowest BCUT2D eigenvalue weighted by Gasteiger charge is -2.12. The van der Waals surface area contributed by atoms with E-state index in [2.05, 4.69) is 19.7 Å². The highest BCUT2D eigenvalue weighted by Gasteiger charge is 2.13. The van der Waals surface area contributed by atoms with Gasteiger partial charge in [-0.1, -0.05) is 56.1 Å². The van der Waals surface area contributed by atoms with E-state index >= 15 is 0 Å². The predicted molar refractivity (Wildman–Crippen MR) is 139 cm³/mol. The van der Waals surface area contributed by atoms with Crippen LogP contribution >= 0.6 is 0 Å². The van der Waals surface area contributed by atoms with Crippen LogP contribution in [0.15, 0.2) is 103 Å². The molecule has 0 spiro atoms. The highest BCUT2D eigenvalue weighted by atomic mass is 16.5. The van der Waals surface area contributed by atoms with Gasteiger partial charge in [-0.05, 0) is 67.3 Å². The van der Waals surface area contributed by atoms with E-state index in [4.69, 9.17) is 14.2 Å². The van der Waals surface area contributed by atoms with Gasteiger partial charge in [-0.3, -0.25) is 0 Å². The summed E-state index contributed by atoms with van der Waals surface area (Å²) in [7, 11) is 0. The van der Waals surface area contributed by atoms with E-state index in [-0.39, 0.29) is 22.6 Å². The van der Waals surface area contributed by atoms with Crippen LogP contribution in [-0.2, 0) is 14.4 Å². The molecule has 6 nitrogen and oxygen atoms in total. The summed E-state index contributed by atoms with van der Waals surface area (Å²) in [6, 6.07) is 19.6. The largest absolute Gasteiger partial charge is 0.423 e. The first-order chi connectivity index (χ1) is 17.0. The van der Waals surface area contributed by atoms with E-state index in [1.807, 2.05) is 36.4 Å². The smallest absolute Gasteiger partial charge is 0.338 e. The van der Waals surface area contributed by atoms with Gasteiger partial charge in [0, 0.05) is 22.8 Å². The second kappa shape index (κ2) is 11.1. The zero-order valence-electron chi connectivity index (χ0n) is 20.4. The molecule has 0 aliphatic heterocycles. The number of esters is 3. The molecule has 36 heavy (non-hydrogen) atoms. The van der Waals surface area contributed by atoms with Crippen LogP contribution in [0.1, 0.15) is 20.8 Å². The third-order valence-corrected chi connectivity index (χ3v) is 4.96. The van der Waals surface area contributed by atoms with Crippen molar-refractivity contribution in [1.82, 2.24) is 0 Å². The quantitative estimate of drug-likeness (QED) is 0.208. The van der Waals surface area contributed by atoms with E-state index < -0.39 is 17.9 Å². The van der Waals surface area contributed by atoms with Crippen LogP contribution in [-0.4, -0.2) is 17.9 Å². The molecular weight excluding hydrogens is 456 g/mol. The summed E-state index contributed by atoms with van der Waals surface area (Å²) >= 11 is 0. The van der Waals surface area contributed by atoms with Crippen molar-refractivity contribution in [3.05, 3.63) is 103 Å². The zero-order chi connectivity index (χ0) is 26.4. The first kappa shape index (κ1) is 25.9. The Morgan fingerprint density at radius 2 is 0.778 bits per heavy atom. The van der Waals surface area contributed by atoms with Crippen molar-refractivity contribution in [2.75, 3.05) is 0 Å². The van der Waals surface area contributed by atoms with E-state index in [9.17, 15) is 14.4 Å². The molecule has 0 heterocycles. The second-order valence-corrected chi connectivity index (χ2v) is 8.30. The highest BCUT2D eigenvalue weighted by Crippen LogP contribution is 2.32. The molecule has 3 aromatic carbocycles. The minimum atomic E-state index is -0.586. The Labute approximate surface area is 210 Å². The molecule has 0 radical (unpaired) electrons. The zero-order valence-corrected chi connectivity index (χ0v) is 20.4. The highest BCUT2D eigenvalue weighted by molar-refractivity contribution is 5.90. The van der Waals surface area contributed by atoms with Gasteiger partial charge in [0.25, 0.3) is 0 Å². The summed E-state index contributed by atoms with van der Waals surface area (Å²) in [5.74, 6) is -0.782. The topological polar surface area (TPSA) is 78.9 Å². The fraction of sp³-hybridized carbons (Fsp3) is 0.100.